The number of amides is 1. The van der Waals surface area contributed by atoms with Crippen LogP contribution in [0.4, 0.5) is 5.69 Å². The van der Waals surface area contributed by atoms with Gasteiger partial charge in [-0.15, -0.1) is 0 Å². The fourth-order valence-corrected chi connectivity index (χ4v) is 3.68. The van der Waals surface area contributed by atoms with Crippen molar-refractivity contribution in [3.8, 4) is 0 Å². The molecule has 0 spiro atoms. The Bertz CT molecular complexity index is 1110. The zero-order valence-corrected chi connectivity index (χ0v) is 15.1. The lowest BCUT2D eigenvalue weighted by Gasteiger charge is -2.25. The van der Waals surface area contributed by atoms with Gasteiger partial charge >= 0.3 is 0 Å². The van der Waals surface area contributed by atoms with Crippen LogP contribution in [0.25, 0.3) is 10.9 Å². The summed E-state index contributed by atoms with van der Waals surface area (Å²) in [6, 6.07) is 7.89. The zero-order chi connectivity index (χ0) is 18.6. The lowest BCUT2D eigenvalue weighted by Crippen LogP contribution is -2.37. The van der Waals surface area contributed by atoms with Crippen LogP contribution >= 0.6 is 0 Å². The molecule has 1 aliphatic heterocycles. The molecule has 7 nitrogen and oxygen atoms in total. The molecule has 0 fully saturated rings. The number of nitrogens with zero attached hydrogens (tertiary/aromatic N) is 4. The van der Waals surface area contributed by atoms with Crippen LogP contribution in [0.5, 0.6) is 0 Å². The van der Waals surface area contributed by atoms with E-state index in [2.05, 4.69) is 5.10 Å². The molecule has 1 aliphatic rings. The van der Waals surface area contributed by atoms with Crippen LogP contribution in [0.1, 0.15) is 27.3 Å². The Hall–Kier alpha value is -3.09. The van der Waals surface area contributed by atoms with Gasteiger partial charge in [0.2, 0.25) is 0 Å². The second-order valence-corrected chi connectivity index (χ2v) is 6.84. The van der Waals surface area contributed by atoms with Crippen LogP contribution in [-0.4, -0.2) is 38.7 Å². The summed E-state index contributed by atoms with van der Waals surface area (Å²) >= 11 is 0. The number of fused-ring (bicyclic) bond motifs is 3. The first kappa shape index (κ1) is 16.4. The Labute approximate surface area is 150 Å². The molecule has 3 heterocycles. The highest BCUT2D eigenvalue weighted by molar-refractivity contribution is 6.08. The molecule has 0 bridgehead atoms. The molecule has 2 aromatic heterocycles. The van der Waals surface area contributed by atoms with Crippen molar-refractivity contribution < 1.29 is 4.79 Å². The van der Waals surface area contributed by atoms with Crippen molar-refractivity contribution >= 4 is 22.5 Å². The lowest BCUT2D eigenvalue weighted by atomic mass is 10.1. The maximum Gasteiger partial charge on any atom is 0.278 e. The van der Waals surface area contributed by atoms with Gasteiger partial charge in [0.25, 0.3) is 11.5 Å². The summed E-state index contributed by atoms with van der Waals surface area (Å²) in [5.74, 6) is -0.158. The lowest BCUT2D eigenvalue weighted by molar-refractivity contribution is 0.0752. The van der Waals surface area contributed by atoms with E-state index in [9.17, 15) is 9.59 Å². The number of benzene rings is 1. The summed E-state index contributed by atoms with van der Waals surface area (Å²) in [5, 5.41) is 4.90. The van der Waals surface area contributed by atoms with Gasteiger partial charge in [-0.2, -0.15) is 5.10 Å². The highest BCUT2D eigenvalue weighted by Gasteiger charge is 2.30. The molecular formula is C19H21N5O2. The van der Waals surface area contributed by atoms with Crippen molar-refractivity contribution in [2.75, 3.05) is 19.3 Å². The van der Waals surface area contributed by atoms with Gasteiger partial charge in [0.05, 0.1) is 28.8 Å². The number of hydrogen-bond donors (Lipinski definition) is 1. The molecule has 0 atom stereocenters. The maximum atomic E-state index is 13.1. The minimum absolute atomic E-state index is 0.158. The van der Waals surface area contributed by atoms with Crippen LogP contribution in [0.2, 0.25) is 0 Å². The van der Waals surface area contributed by atoms with Crippen LogP contribution in [-0.2, 0) is 13.1 Å². The van der Waals surface area contributed by atoms with E-state index in [1.54, 1.807) is 11.9 Å². The molecule has 0 saturated heterocycles. The first-order valence-electron chi connectivity index (χ1n) is 8.59. The summed E-state index contributed by atoms with van der Waals surface area (Å²) in [6.45, 7) is 5.42. The van der Waals surface area contributed by atoms with Crippen molar-refractivity contribution in [2.45, 2.75) is 26.9 Å². The third-order valence-electron chi connectivity index (χ3n) is 5.15. The van der Waals surface area contributed by atoms with Crippen LogP contribution in [0.15, 0.2) is 29.1 Å². The molecule has 2 N–H and O–H groups in total. The molecule has 1 aromatic carbocycles. The summed E-state index contributed by atoms with van der Waals surface area (Å²) < 4.78 is 3.28. The van der Waals surface area contributed by atoms with Crippen LogP contribution in [0, 0.1) is 13.8 Å². The predicted octanol–water partition coefficient (Wildman–Crippen LogP) is 1.53. The first-order valence-corrected chi connectivity index (χ1v) is 8.59. The number of carbonyl (C=O) groups excluding carboxylic acids is 1. The van der Waals surface area contributed by atoms with Crippen molar-refractivity contribution in [2.24, 2.45) is 0 Å². The van der Waals surface area contributed by atoms with E-state index in [4.69, 9.17) is 5.73 Å². The zero-order valence-electron chi connectivity index (χ0n) is 15.1. The molecule has 0 saturated carbocycles. The van der Waals surface area contributed by atoms with Crippen LogP contribution in [0.3, 0.4) is 0 Å². The third kappa shape index (κ3) is 2.23. The third-order valence-corrected chi connectivity index (χ3v) is 5.15. The Balaban J connectivity index is 1.96. The van der Waals surface area contributed by atoms with Crippen molar-refractivity contribution in [3.63, 3.8) is 0 Å². The number of nitrogens with two attached hydrogens (primary N) is 1. The van der Waals surface area contributed by atoms with Gasteiger partial charge in [-0.05, 0) is 25.0 Å². The number of likely N-dealkylation sites (N-methyl/N-ethyl adjacent to an activating group) is 1. The summed E-state index contributed by atoms with van der Waals surface area (Å²) in [4.78, 5) is 27.3. The molecule has 3 aromatic rings. The van der Waals surface area contributed by atoms with Gasteiger partial charge in [-0.1, -0.05) is 24.3 Å². The van der Waals surface area contributed by atoms with E-state index in [-0.39, 0.29) is 17.2 Å². The van der Waals surface area contributed by atoms with E-state index in [1.807, 2.05) is 42.7 Å². The molecular weight excluding hydrogens is 330 g/mol. The van der Waals surface area contributed by atoms with Gasteiger partial charge in [0.1, 0.15) is 5.69 Å². The van der Waals surface area contributed by atoms with Crippen molar-refractivity contribution in [1.29, 1.82) is 0 Å². The number of anilines is 1. The number of hydrogen-bond acceptors (Lipinski definition) is 4. The quantitative estimate of drug-likeness (QED) is 0.759. The second-order valence-electron chi connectivity index (χ2n) is 6.84. The normalized spacial score (nSPS) is 14.1. The molecule has 7 heteroatoms. The van der Waals surface area contributed by atoms with Crippen LogP contribution < -0.4 is 11.3 Å². The molecule has 134 valence electrons. The van der Waals surface area contributed by atoms with Gasteiger partial charge < -0.3 is 15.2 Å². The SMILES string of the molecule is Cc1ccccc1Cn1nc(C)c2c(c(N)c3n2CCN(C)C3=O)c1=O. The summed E-state index contributed by atoms with van der Waals surface area (Å²) in [6.07, 6.45) is 0. The molecule has 26 heavy (non-hydrogen) atoms. The number of carbonyl (C=O) groups is 1. The number of aromatic nitrogens is 3. The number of nitrogen functional groups attached to an aromatic ring is 1. The van der Waals surface area contributed by atoms with Gasteiger partial charge in [0.15, 0.2) is 0 Å². The van der Waals surface area contributed by atoms with Crippen molar-refractivity contribution in [3.05, 3.63) is 57.1 Å². The van der Waals surface area contributed by atoms with Gasteiger partial charge in [-0.25, -0.2) is 4.68 Å². The monoisotopic (exact) mass is 351 g/mol. The van der Waals surface area contributed by atoms with E-state index in [0.29, 0.717) is 41.9 Å². The Morgan fingerprint density at radius 3 is 2.62 bits per heavy atom. The topological polar surface area (TPSA) is 86.2 Å². The largest absolute Gasteiger partial charge is 0.396 e. The summed E-state index contributed by atoms with van der Waals surface area (Å²) in [5.41, 5.74) is 10.1. The fraction of sp³-hybridized carbons (Fsp3) is 0.316. The van der Waals surface area contributed by atoms with Gasteiger partial charge in [-0.3, -0.25) is 9.59 Å². The number of rotatable bonds is 2. The Morgan fingerprint density at radius 1 is 1.15 bits per heavy atom. The maximum absolute atomic E-state index is 13.1. The Morgan fingerprint density at radius 2 is 1.88 bits per heavy atom. The molecule has 4 rings (SSSR count). The second kappa shape index (κ2) is 5.72. The molecule has 0 unspecified atom stereocenters. The van der Waals surface area contributed by atoms with Crippen molar-refractivity contribution in [1.82, 2.24) is 19.2 Å². The Kier molecular flexibility index (Phi) is 3.61. The summed E-state index contributed by atoms with van der Waals surface area (Å²) in [7, 11) is 1.74. The van der Waals surface area contributed by atoms with E-state index in [0.717, 1.165) is 11.1 Å². The standard InChI is InChI=1S/C19H21N5O2/c1-11-6-4-5-7-13(11)10-24-18(25)14-15(20)17-19(26)22(3)8-9-23(17)16(14)12(2)21-24/h4-7H,8-10,20H2,1-3H3. The average molecular weight is 351 g/mol. The smallest absolute Gasteiger partial charge is 0.278 e. The predicted molar refractivity (Wildman–Crippen MR) is 100 cm³/mol. The first-order chi connectivity index (χ1) is 12.4. The minimum atomic E-state index is -0.260. The molecule has 1 amide bonds. The van der Waals surface area contributed by atoms with Gasteiger partial charge in [0, 0.05) is 20.1 Å². The molecule has 0 aliphatic carbocycles. The van der Waals surface area contributed by atoms with E-state index in [1.165, 1.54) is 4.68 Å². The fourth-order valence-electron chi connectivity index (χ4n) is 3.68. The minimum Gasteiger partial charge on any atom is -0.396 e. The number of aryl methyl sites for hydroxylation is 2. The average Bonchev–Trinajstić information content (AvgIpc) is 2.91. The van der Waals surface area contributed by atoms with E-state index >= 15 is 0 Å². The molecule has 0 radical (unpaired) electrons. The van der Waals surface area contributed by atoms with E-state index < -0.39 is 0 Å². The highest BCUT2D eigenvalue weighted by atomic mass is 16.2. The highest BCUT2D eigenvalue weighted by Crippen LogP contribution is 2.30.